The van der Waals surface area contributed by atoms with Crippen molar-refractivity contribution in [3.05, 3.63) is 65.7 Å². The summed E-state index contributed by atoms with van der Waals surface area (Å²) in [6, 6.07) is 17.1. The third-order valence-electron chi connectivity index (χ3n) is 3.64. The second-order valence-corrected chi connectivity index (χ2v) is 5.02. The molecule has 0 aliphatic heterocycles. The lowest BCUT2D eigenvalue weighted by Gasteiger charge is -2.21. The Kier molecular flexibility index (Phi) is 4.99. The van der Waals surface area contributed by atoms with Crippen LogP contribution < -0.4 is 4.74 Å². The first-order valence-corrected chi connectivity index (χ1v) is 7.14. The molecule has 0 heterocycles. The number of aliphatic carboxylic acids is 1. The molecule has 3 nitrogen and oxygen atoms in total. The SMILES string of the molecule is CCOc1ccc(C(C(=O)O)C(C)c2ccccc2)cc1. The van der Waals surface area contributed by atoms with E-state index in [1.807, 2.05) is 68.4 Å². The summed E-state index contributed by atoms with van der Waals surface area (Å²) in [7, 11) is 0. The van der Waals surface area contributed by atoms with Gasteiger partial charge in [-0.1, -0.05) is 49.4 Å². The Morgan fingerprint density at radius 2 is 1.67 bits per heavy atom. The molecule has 2 rings (SSSR count). The van der Waals surface area contributed by atoms with E-state index in [0.717, 1.165) is 16.9 Å². The first kappa shape index (κ1) is 15.1. The molecule has 2 atom stereocenters. The first-order chi connectivity index (χ1) is 10.1. The van der Waals surface area contributed by atoms with E-state index in [1.165, 1.54) is 0 Å². The molecule has 0 aromatic heterocycles. The van der Waals surface area contributed by atoms with E-state index in [9.17, 15) is 9.90 Å². The zero-order chi connectivity index (χ0) is 15.2. The Bertz CT molecular complexity index is 575. The highest BCUT2D eigenvalue weighted by molar-refractivity contribution is 5.77. The van der Waals surface area contributed by atoms with E-state index in [4.69, 9.17) is 4.74 Å². The molecule has 0 bridgehead atoms. The number of carboxylic acid groups (broad SMARTS) is 1. The van der Waals surface area contributed by atoms with Gasteiger partial charge in [-0.05, 0) is 36.1 Å². The van der Waals surface area contributed by atoms with Crippen molar-refractivity contribution < 1.29 is 14.6 Å². The van der Waals surface area contributed by atoms with Gasteiger partial charge in [-0.3, -0.25) is 4.79 Å². The minimum absolute atomic E-state index is 0.0957. The van der Waals surface area contributed by atoms with E-state index in [2.05, 4.69) is 0 Å². The molecule has 2 aromatic rings. The van der Waals surface area contributed by atoms with Crippen LogP contribution in [0.25, 0.3) is 0 Å². The molecule has 0 saturated carbocycles. The van der Waals surface area contributed by atoms with Gasteiger partial charge in [0.25, 0.3) is 0 Å². The Morgan fingerprint density at radius 1 is 1.05 bits per heavy atom. The maximum absolute atomic E-state index is 11.7. The minimum atomic E-state index is -0.810. The molecule has 0 radical (unpaired) electrons. The number of carboxylic acids is 1. The smallest absolute Gasteiger partial charge is 0.311 e. The van der Waals surface area contributed by atoms with Gasteiger partial charge in [0.1, 0.15) is 5.75 Å². The first-order valence-electron chi connectivity index (χ1n) is 7.14. The third-order valence-corrected chi connectivity index (χ3v) is 3.64. The number of benzene rings is 2. The van der Waals surface area contributed by atoms with E-state index in [-0.39, 0.29) is 5.92 Å². The summed E-state index contributed by atoms with van der Waals surface area (Å²) in [5.41, 5.74) is 1.82. The molecule has 0 saturated heterocycles. The summed E-state index contributed by atoms with van der Waals surface area (Å²) < 4.78 is 5.40. The predicted molar refractivity (Wildman–Crippen MR) is 82.8 cm³/mol. The van der Waals surface area contributed by atoms with Gasteiger partial charge in [0.05, 0.1) is 12.5 Å². The molecule has 0 fully saturated rings. The van der Waals surface area contributed by atoms with Crippen molar-refractivity contribution in [1.82, 2.24) is 0 Å². The molecule has 2 unspecified atom stereocenters. The summed E-state index contributed by atoms with van der Waals surface area (Å²) in [5.74, 6) is -0.710. The molecule has 110 valence electrons. The number of ether oxygens (including phenoxy) is 1. The van der Waals surface area contributed by atoms with E-state index in [1.54, 1.807) is 0 Å². The summed E-state index contributed by atoms with van der Waals surface area (Å²) in [6.07, 6.45) is 0. The van der Waals surface area contributed by atoms with Crippen LogP contribution in [0.15, 0.2) is 54.6 Å². The van der Waals surface area contributed by atoms with Crippen molar-refractivity contribution in [3.8, 4) is 5.75 Å². The Hall–Kier alpha value is -2.29. The average Bonchev–Trinajstić information content (AvgIpc) is 2.50. The zero-order valence-corrected chi connectivity index (χ0v) is 12.3. The largest absolute Gasteiger partial charge is 0.494 e. The molecule has 0 aliphatic rings. The lowest BCUT2D eigenvalue weighted by Crippen LogP contribution is -2.18. The van der Waals surface area contributed by atoms with Crippen molar-refractivity contribution in [3.63, 3.8) is 0 Å². The van der Waals surface area contributed by atoms with Crippen molar-refractivity contribution in [2.75, 3.05) is 6.61 Å². The molecule has 0 amide bonds. The Morgan fingerprint density at radius 3 is 2.19 bits per heavy atom. The van der Waals surface area contributed by atoms with Crippen LogP contribution in [-0.2, 0) is 4.79 Å². The normalized spacial score (nSPS) is 13.4. The highest BCUT2D eigenvalue weighted by Gasteiger charge is 2.27. The monoisotopic (exact) mass is 284 g/mol. The van der Waals surface area contributed by atoms with Gasteiger partial charge in [0.15, 0.2) is 0 Å². The van der Waals surface area contributed by atoms with Crippen molar-refractivity contribution >= 4 is 5.97 Å². The van der Waals surface area contributed by atoms with Gasteiger partial charge >= 0.3 is 5.97 Å². The summed E-state index contributed by atoms with van der Waals surface area (Å²) in [5, 5.41) is 9.60. The van der Waals surface area contributed by atoms with E-state index < -0.39 is 11.9 Å². The molecule has 0 spiro atoms. The fourth-order valence-corrected chi connectivity index (χ4v) is 2.53. The number of carbonyl (C=O) groups is 1. The van der Waals surface area contributed by atoms with Crippen LogP contribution in [0.4, 0.5) is 0 Å². The van der Waals surface area contributed by atoms with Crippen LogP contribution in [0.2, 0.25) is 0 Å². The molecular formula is C18H20O3. The van der Waals surface area contributed by atoms with E-state index >= 15 is 0 Å². The number of rotatable bonds is 6. The quantitative estimate of drug-likeness (QED) is 0.870. The summed E-state index contributed by atoms with van der Waals surface area (Å²) >= 11 is 0. The molecule has 3 heteroatoms. The molecule has 0 aliphatic carbocycles. The van der Waals surface area contributed by atoms with Crippen LogP contribution in [0.1, 0.15) is 36.8 Å². The molecule has 2 aromatic carbocycles. The van der Waals surface area contributed by atoms with Gasteiger partial charge in [-0.25, -0.2) is 0 Å². The number of hydrogen-bond donors (Lipinski definition) is 1. The Labute approximate surface area is 125 Å². The topological polar surface area (TPSA) is 46.5 Å². The molecular weight excluding hydrogens is 264 g/mol. The molecule has 21 heavy (non-hydrogen) atoms. The second-order valence-electron chi connectivity index (χ2n) is 5.02. The van der Waals surface area contributed by atoms with Crippen molar-refractivity contribution in [2.24, 2.45) is 0 Å². The summed E-state index contributed by atoms with van der Waals surface area (Å²) in [4.78, 5) is 11.7. The average molecular weight is 284 g/mol. The zero-order valence-electron chi connectivity index (χ0n) is 12.3. The lowest BCUT2D eigenvalue weighted by molar-refractivity contribution is -0.139. The maximum atomic E-state index is 11.7. The highest BCUT2D eigenvalue weighted by Crippen LogP contribution is 2.33. The van der Waals surface area contributed by atoms with Crippen molar-refractivity contribution in [2.45, 2.75) is 25.7 Å². The van der Waals surface area contributed by atoms with Gasteiger partial charge in [-0.15, -0.1) is 0 Å². The van der Waals surface area contributed by atoms with E-state index in [0.29, 0.717) is 6.61 Å². The third kappa shape index (κ3) is 3.63. The Balaban J connectivity index is 2.28. The van der Waals surface area contributed by atoms with Crippen LogP contribution in [0.5, 0.6) is 5.75 Å². The molecule has 1 N–H and O–H groups in total. The van der Waals surface area contributed by atoms with Gasteiger partial charge < -0.3 is 9.84 Å². The number of hydrogen-bond acceptors (Lipinski definition) is 2. The fourth-order valence-electron chi connectivity index (χ4n) is 2.53. The standard InChI is InChI=1S/C18H20O3/c1-3-21-16-11-9-15(10-12-16)17(18(19)20)13(2)14-7-5-4-6-8-14/h4-13,17H,3H2,1-2H3,(H,19,20). The van der Waals surface area contributed by atoms with Gasteiger partial charge in [-0.2, -0.15) is 0 Å². The van der Waals surface area contributed by atoms with Crippen LogP contribution in [-0.4, -0.2) is 17.7 Å². The van der Waals surface area contributed by atoms with Crippen LogP contribution >= 0.6 is 0 Å². The van der Waals surface area contributed by atoms with Gasteiger partial charge in [0, 0.05) is 0 Å². The minimum Gasteiger partial charge on any atom is -0.494 e. The summed E-state index contributed by atoms with van der Waals surface area (Å²) in [6.45, 7) is 4.47. The van der Waals surface area contributed by atoms with Crippen molar-refractivity contribution in [1.29, 1.82) is 0 Å². The highest BCUT2D eigenvalue weighted by atomic mass is 16.5. The fraction of sp³-hybridized carbons (Fsp3) is 0.278. The van der Waals surface area contributed by atoms with Gasteiger partial charge in [0.2, 0.25) is 0 Å². The maximum Gasteiger partial charge on any atom is 0.311 e. The lowest BCUT2D eigenvalue weighted by atomic mass is 9.83. The van der Waals surface area contributed by atoms with Crippen LogP contribution in [0.3, 0.4) is 0 Å². The second kappa shape index (κ2) is 6.93. The predicted octanol–water partition coefficient (Wildman–Crippen LogP) is 4.06. The van der Waals surface area contributed by atoms with Crippen LogP contribution in [0, 0.1) is 0 Å².